The molecule has 112 valence electrons. The van der Waals surface area contributed by atoms with Crippen molar-refractivity contribution in [2.45, 2.75) is 45.1 Å². The van der Waals surface area contributed by atoms with Crippen molar-refractivity contribution >= 4 is 15.9 Å². The number of ether oxygens (including phenoxy) is 1. The third-order valence-corrected chi connectivity index (χ3v) is 4.77. The number of aryl methyl sites for hydroxylation is 2. The standard InChI is InChI=1S/C12H18N2O5S/c1-7-10(8(2)19-13-7)20(16,17)14-11(15)9-5-12(3,4)6-18-9/h9H,5-6H2,1-4H3,(H,14,15). The fraction of sp³-hybridized carbons (Fsp3) is 0.667. The number of amides is 1. The van der Waals surface area contributed by atoms with Gasteiger partial charge in [0, 0.05) is 0 Å². The molecule has 1 unspecified atom stereocenters. The molecule has 0 aliphatic carbocycles. The van der Waals surface area contributed by atoms with E-state index in [2.05, 4.69) is 5.16 Å². The van der Waals surface area contributed by atoms with E-state index in [1.165, 1.54) is 13.8 Å². The molecule has 0 spiro atoms. The molecule has 1 aromatic heterocycles. The zero-order chi connectivity index (χ0) is 15.1. The predicted molar refractivity (Wildman–Crippen MR) is 69.4 cm³/mol. The van der Waals surface area contributed by atoms with Gasteiger partial charge in [0.1, 0.15) is 11.8 Å². The zero-order valence-electron chi connectivity index (χ0n) is 11.9. The third-order valence-electron chi connectivity index (χ3n) is 3.18. The van der Waals surface area contributed by atoms with Gasteiger partial charge in [0.15, 0.2) is 10.7 Å². The number of sulfonamides is 1. The molecule has 1 atom stereocenters. The van der Waals surface area contributed by atoms with E-state index < -0.39 is 22.0 Å². The van der Waals surface area contributed by atoms with Crippen LogP contribution < -0.4 is 4.72 Å². The first-order chi connectivity index (χ1) is 9.12. The van der Waals surface area contributed by atoms with Crippen LogP contribution in [0, 0.1) is 19.3 Å². The fourth-order valence-corrected chi connectivity index (χ4v) is 3.56. The molecular formula is C12H18N2O5S. The Balaban J connectivity index is 2.16. The Kier molecular flexibility index (Phi) is 3.64. The summed E-state index contributed by atoms with van der Waals surface area (Å²) in [7, 11) is -3.99. The number of hydrogen-bond donors (Lipinski definition) is 1. The fourth-order valence-electron chi connectivity index (χ4n) is 2.22. The number of carbonyl (C=O) groups is 1. The number of rotatable bonds is 3. The highest BCUT2D eigenvalue weighted by atomic mass is 32.2. The maximum Gasteiger partial charge on any atom is 0.269 e. The van der Waals surface area contributed by atoms with E-state index >= 15 is 0 Å². The van der Waals surface area contributed by atoms with E-state index in [1.54, 1.807) is 0 Å². The number of hydrogen-bond acceptors (Lipinski definition) is 6. The molecule has 1 fully saturated rings. The molecule has 1 aliphatic heterocycles. The van der Waals surface area contributed by atoms with Crippen molar-refractivity contribution in [2.24, 2.45) is 5.41 Å². The molecule has 1 aromatic rings. The van der Waals surface area contributed by atoms with E-state index in [-0.39, 0.29) is 21.8 Å². The minimum absolute atomic E-state index is 0.0943. The lowest BCUT2D eigenvalue weighted by atomic mass is 9.90. The van der Waals surface area contributed by atoms with Crippen LogP contribution in [-0.2, 0) is 19.6 Å². The van der Waals surface area contributed by atoms with Crippen LogP contribution in [0.3, 0.4) is 0 Å². The second kappa shape index (κ2) is 4.85. The highest BCUT2D eigenvalue weighted by molar-refractivity contribution is 7.90. The molecule has 7 nitrogen and oxygen atoms in total. The van der Waals surface area contributed by atoms with Gasteiger partial charge in [0.2, 0.25) is 0 Å². The van der Waals surface area contributed by atoms with Crippen molar-refractivity contribution < 1.29 is 22.5 Å². The lowest BCUT2D eigenvalue weighted by Crippen LogP contribution is -2.39. The van der Waals surface area contributed by atoms with Crippen LogP contribution in [0.25, 0.3) is 0 Å². The van der Waals surface area contributed by atoms with Crippen LogP contribution >= 0.6 is 0 Å². The lowest BCUT2D eigenvalue weighted by molar-refractivity contribution is -0.128. The average Bonchev–Trinajstić information content (AvgIpc) is 2.81. The van der Waals surface area contributed by atoms with E-state index in [0.717, 1.165) is 0 Å². The van der Waals surface area contributed by atoms with Gasteiger partial charge in [-0.3, -0.25) is 4.79 Å². The van der Waals surface area contributed by atoms with Crippen molar-refractivity contribution in [2.75, 3.05) is 6.61 Å². The minimum atomic E-state index is -3.99. The summed E-state index contributed by atoms with van der Waals surface area (Å²) in [6, 6.07) is 0. The smallest absolute Gasteiger partial charge is 0.269 e. The molecule has 2 rings (SSSR count). The van der Waals surface area contributed by atoms with E-state index in [9.17, 15) is 13.2 Å². The minimum Gasteiger partial charge on any atom is -0.368 e. The summed E-state index contributed by atoms with van der Waals surface area (Å²) in [6.45, 7) is 7.33. The summed E-state index contributed by atoms with van der Waals surface area (Å²) in [5.74, 6) is -0.508. The maximum atomic E-state index is 12.2. The first-order valence-electron chi connectivity index (χ1n) is 6.23. The summed E-state index contributed by atoms with van der Waals surface area (Å²) in [5.41, 5.74) is 0.0879. The molecule has 0 saturated carbocycles. The molecule has 1 N–H and O–H groups in total. The summed E-state index contributed by atoms with van der Waals surface area (Å²) in [4.78, 5) is 11.9. The van der Waals surface area contributed by atoms with Crippen molar-refractivity contribution in [1.29, 1.82) is 0 Å². The molecule has 1 aliphatic rings. The lowest BCUT2D eigenvalue weighted by Gasteiger charge is -2.13. The predicted octanol–water partition coefficient (Wildman–Crippen LogP) is 0.911. The monoisotopic (exact) mass is 302 g/mol. The topological polar surface area (TPSA) is 98.5 Å². The van der Waals surface area contributed by atoms with Crippen LogP contribution in [0.2, 0.25) is 0 Å². The number of nitrogens with zero attached hydrogens (tertiary/aromatic N) is 1. The van der Waals surface area contributed by atoms with Crippen LogP contribution in [0.4, 0.5) is 0 Å². The summed E-state index contributed by atoms with van der Waals surface area (Å²) in [6.07, 6.45) is -0.268. The van der Waals surface area contributed by atoms with Gasteiger partial charge >= 0.3 is 0 Å². The van der Waals surface area contributed by atoms with Gasteiger partial charge in [-0.25, -0.2) is 13.1 Å². The zero-order valence-corrected chi connectivity index (χ0v) is 12.7. The Bertz CT molecular complexity index is 613. The van der Waals surface area contributed by atoms with Gasteiger partial charge in [0.05, 0.1) is 6.61 Å². The third kappa shape index (κ3) is 2.85. The van der Waals surface area contributed by atoms with Gasteiger partial charge in [-0.1, -0.05) is 19.0 Å². The highest BCUT2D eigenvalue weighted by Gasteiger charge is 2.38. The highest BCUT2D eigenvalue weighted by Crippen LogP contribution is 2.31. The van der Waals surface area contributed by atoms with Crippen molar-refractivity contribution in [3.63, 3.8) is 0 Å². The first kappa shape index (κ1) is 15.0. The van der Waals surface area contributed by atoms with Crippen molar-refractivity contribution in [3.8, 4) is 0 Å². The van der Waals surface area contributed by atoms with Gasteiger partial charge < -0.3 is 9.26 Å². The van der Waals surface area contributed by atoms with Gasteiger partial charge in [-0.15, -0.1) is 0 Å². The quantitative estimate of drug-likeness (QED) is 0.891. The molecular weight excluding hydrogens is 284 g/mol. The first-order valence-corrected chi connectivity index (χ1v) is 7.72. The largest absolute Gasteiger partial charge is 0.368 e. The molecule has 0 bridgehead atoms. The Morgan fingerprint density at radius 1 is 1.40 bits per heavy atom. The second-order valence-electron chi connectivity index (χ2n) is 5.79. The van der Waals surface area contributed by atoms with Gasteiger partial charge in [-0.2, -0.15) is 0 Å². The molecule has 20 heavy (non-hydrogen) atoms. The molecule has 1 saturated heterocycles. The van der Waals surface area contributed by atoms with Crippen LogP contribution in [-0.4, -0.2) is 32.2 Å². The van der Waals surface area contributed by atoms with E-state index in [0.29, 0.717) is 13.0 Å². The molecule has 8 heteroatoms. The van der Waals surface area contributed by atoms with Crippen molar-refractivity contribution in [1.82, 2.24) is 9.88 Å². The van der Waals surface area contributed by atoms with Gasteiger partial charge in [0.25, 0.3) is 15.9 Å². The summed E-state index contributed by atoms with van der Waals surface area (Å²) < 4.78 is 36.5. The molecule has 1 amide bonds. The molecule has 0 aromatic carbocycles. The Labute approximate surface area is 117 Å². The number of aromatic nitrogens is 1. The Morgan fingerprint density at radius 3 is 2.50 bits per heavy atom. The number of nitrogens with one attached hydrogen (secondary N) is 1. The summed E-state index contributed by atoms with van der Waals surface area (Å²) in [5, 5.41) is 3.57. The molecule has 0 radical (unpaired) electrons. The van der Waals surface area contributed by atoms with E-state index in [1.807, 2.05) is 18.6 Å². The maximum absolute atomic E-state index is 12.2. The normalized spacial score (nSPS) is 21.9. The van der Waals surface area contributed by atoms with Crippen molar-refractivity contribution in [3.05, 3.63) is 11.5 Å². The molecule has 2 heterocycles. The SMILES string of the molecule is Cc1noc(C)c1S(=O)(=O)NC(=O)C1CC(C)(C)CO1. The van der Waals surface area contributed by atoms with Gasteiger partial charge in [-0.05, 0) is 25.7 Å². The van der Waals surface area contributed by atoms with E-state index in [4.69, 9.17) is 9.26 Å². The Hall–Kier alpha value is -1.41. The number of carbonyl (C=O) groups excluding carboxylic acids is 1. The van der Waals surface area contributed by atoms with Crippen LogP contribution in [0.15, 0.2) is 9.42 Å². The Morgan fingerprint density at radius 2 is 2.05 bits per heavy atom. The van der Waals surface area contributed by atoms with Crippen LogP contribution in [0.5, 0.6) is 0 Å². The van der Waals surface area contributed by atoms with Crippen LogP contribution in [0.1, 0.15) is 31.7 Å². The summed E-state index contributed by atoms with van der Waals surface area (Å²) >= 11 is 0. The average molecular weight is 302 g/mol. The second-order valence-corrected chi connectivity index (χ2v) is 7.41.